The van der Waals surface area contributed by atoms with Gasteiger partial charge in [-0.25, -0.2) is 14.4 Å². The largest absolute Gasteiger partial charge is 0.491 e. The Morgan fingerprint density at radius 3 is 2.66 bits per heavy atom. The number of hydrogen-bond donors (Lipinski definition) is 2. The summed E-state index contributed by atoms with van der Waals surface area (Å²) in [5, 5.41) is 12.5. The molecule has 10 heteroatoms. The molecule has 0 bridgehead atoms. The lowest BCUT2D eigenvalue weighted by Crippen LogP contribution is -2.55. The molecule has 156 valence electrons. The molecule has 0 unspecified atom stereocenters. The van der Waals surface area contributed by atoms with Crippen molar-refractivity contribution < 1.29 is 19.0 Å². The molecule has 7 nitrogen and oxygen atoms in total. The SMILES string of the molecule is O=C(NN1CCN(C[C@@H](O)COc2ccc(Cl)c(F)c2)CC1)c1ccc(Cl)cn1. The second-order valence-corrected chi connectivity index (χ2v) is 7.47. The minimum Gasteiger partial charge on any atom is -0.491 e. The number of carbonyl (C=O) groups is 1. The van der Waals surface area contributed by atoms with Gasteiger partial charge in [0.15, 0.2) is 0 Å². The van der Waals surface area contributed by atoms with Crippen molar-refractivity contribution in [2.75, 3.05) is 39.3 Å². The maximum atomic E-state index is 13.4. The first-order valence-electron chi connectivity index (χ1n) is 9.06. The highest BCUT2D eigenvalue weighted by atomic mass is 35.5. The number of pyridine rings is 1. The molecule has 1 aliphatic heterocycles. The van der Waals surface area contributed by atoms with Crippen LogP contribution in [-0.2, 0) is 0 Å². The zero-order valence-corrected chi connectivity index (χ0v) is 17.0. The Kier molecular flexibility index (Phi) is 7.63. The second-order valence-electron chi connectivity index (χ2n) is 6.63. The average molecular weight is 443 g/mol. The van der Waals surface area contributed by atoms with Crippen molar-refractivity contribution in [3.05, 3.63) is 58.1 Å². The zero-order valence-electron chi connectivity index (χ0n) is 15.5. The Hall–Kier alpha value is -1.97. The van der Waals surface area contributed by atoms with Crippen LogP contribution in [0.15, 0.2) is 36.5 Å². The number of hydrazine groups is 1. The number of nitrogens with one attached hydrogen (secondary N) is 1. The summed E-state index contributed by atoms with van der Waals surface area (Å²) in [4.78, 5) is 18.2. The number of aliphatic hydroxyl groups excluding tert-OH is 1. The molecule has 0 spiro atoms. The minimum atomic E-state index is -0.729. The summed E-state index contributed by atoms with van der Waals surface area (Å²) in [6.45, 7) is 3.00. The van der Waals surface area contributed by atoms with Crippen molar-refractivity contribution in [3.8, 4) is 5.75 Å². The van der Waals surface area contributed by atoms with E-state index in [1.165, 1.54) is 18.3 Å². The van der Waals surface area contributed by atoms with Gasteiger partial charge in [0.05, 0.1) is 10.0 Å². The van der Waals surface area contributed by atoms with Gasteiger partial charge in [-0.15, -0.1) is 0 Å². The maximum absolute atomic E-state index is 13.4. The molecule has 0 saturated carbocycles. The molecule has 2 N–H and O–H groups in total. The molecule has 1 atom stereocenters. The van der Waals surface area contributed by atoms with Gasteiger partial charge in [-0.05, 0) is 24.3 Å². The molecule has 0 radical (unpaired) electrons. The van der Waals surface area contributed by atoms with Crippen molar-refractivity contribution in [2.24, 2.45) is 0 Å². The summed E-state index contributed by atoms with van der Waals surface area (Å²) < 4.78 is 18.8. The number of hydrogen-bond acceptors (Lipinski definition) is 6. The smallest absolute Gasteiger partial charge is 0.284 e. The summed E-state index contributed by atoms with van der Waals surface area (Å²) in [5.74, 6) is -0.543. The normalized spacial score (nSPS) is 16.4. The Balaban J connectivity index is 1.38. The van der Waals surface area contributed by atoms with Crippen molar-refractivity contribution in [1.82, 2.24) is 20.3 Å². The Bertz CT molecular complexity index is 833. The Labute approximate surface area is 178 Å². The van der Waals surface area contributed by atoms with Crippen LogP contribution >= 0.6 is 23.2 Å². The van der Waals surface area contributed by atoms with E-state index in [-0.39, 0.29) is 17.5 Å². The molecule has 3 rings (SSSR count). The molecule has 1 aromatic heterocycles. The van der Waals surface area contributed by atoms with Gasteiger partial charge < -0.3 is 9.84 Å². The second kappa shape index (κ2) is 10.2. The van der Waals surface area contributed by atoms with E-state index in [1.807, 2.05) is 5.01 Å². The van der Waals surface area contributed by atoms with Gasteiger partial charge in [-0.3, -0.25) is 15.1 Å². The number of aromatic nitrogens is 1. The van der Waals surface area contributed by atoms with Crippen LogP contribution in [0.1, 0.15) is 10.5 Å². The van der Waals surface area contributed by atoms with Crippen LogP contribution in [0.3, 0.4) is 0 Å². The monoisotopic (exact) mass is 442 g/mol. The zero-order chi connectivity index (χ0) is 20.8. The molecule has 1 saturated heterocycles. The molecule has 1 aliphatic rings. The fourth-order valence-electron chi connectivity index (χ4n) is 2.86. The highest BCUT2D eigenvalue weighted by molar-refractivity contribution is 6.30. The highest BCUT2D eigenvalue weighted by Crippen LogP contribution is 2.20. The predicted molar refractivity (Wildman–Crippen MR) is 108 cm³/mol. The first-order chi connectivity index (χ1) is 13.9. The van der Waals surface area contributed by atoms with Crippen molar-refractivity contribution >= 4 is 29.1 Å². The van der Waals surface area contributed by atoms with Gasteiger partial charge in [-0.2, -0.15) is 0 Å². The van der Waals surface area contributed by atoms with Gasteiger partial charge in [0.2, 0.25) is 0 Å². The number of rotatable bonds is 7. The van der Waals surface area contributed by atoms with E-state index >= 15 is 0 Å². The number of halogens is 3. The lowest BCUT2D eigenvalue weighted by atomic mass is 10.3. The predicted octanol–water partition coefficient (Wildman–Crippen LogP) is 2.23. The third-order valence-electron chi connectivity index (χ3n) is 4.39. The van der Waals surface area contributed by atoms with E-state index in [0.29, 0.717) is 49.2 Å². The van der Waals surface area contributed by atoms with E-state index in [4.69, 9.17) is 27.9 Å². The third-order valence-corrected chi connectivity index (χ3v) is 4.92. The van der Waals surface area contributed by atoms with E-state index in [0.717, 1.165) is 0 Å². The fourth-order valence-corrected chi connectivity index (χ4v) is 3.09. The lowest BCUT2D eigenvalue weighted by Gasteiger charge is -2.35. The van der Waals surface area contributed by atoms with Crippen LogP contribution in [0.4, 0.5) is 4.39 Å². The summed E-state index contributed by atoms with van der Waals surface area (Å²) in [6.07, 6.45) is 0.698. The van der Waals surface area contributed by atoms with Gasteiger partial charge in [-0.1, -0.05) is 23.2 Å². The summed E-state index contributed by atoms with van der Waals surface area (Å²) in [7, 11) is 0. The van der Waals surface area contributed by atoms with E-state index in [9.17, 15) is 14.3 Å². The fraction of sp³-hybridized carbons (Fsp3) is 0.368. The Morgan fingerprint density at radius 1 is 1.24 bits per heavy atom. The van der Waals surface area contributed by atoms with Gasteiger partial charge in [0.1, 0.15) is 30.0 Å². The maximum Gasteiger partial charge on any atom is 0.284 e. The highest BCUT2D eigenvalue weighted by Gasteiger charge is 2.21. The van der Waals surface area contributed by atoms with E-state index < -0.39 is 11.9 Å². The molecule has 1 amide bonds. The number of piperazine rings is 1. The lowest BCUT2D eigenvalue weighted by molar-refractivity contribution is 0.0315. The topological polar surface area (TPSA) is 77.9 Å². The molecular formula is C19H21Cl2FN4O3. The number of ether oxygens (including phenoxy) is 1. The molecule has 1 fully saturated rings. The first-order valence-corrected chi connectivity index (χ1v) is 9.82. The summed E-state index contributed by atoms with van der Waals surface area (Å²) in [6, 6.07) is 7.33. The van der Waals surface area contributed by atoms with Crippen LogP contribution in [0.2, 0.25) is 10.0 Å². The van der Waals surface area contributed by atoms with Crippen molar-refractivity contribution in [3.63, 3.8) is 0 Å². The van der Waals surface area contributed by atoms with Gasteiger partial charge >= 0.3 is 0 Å². The molecular weight excluding hydrogens is 422 g/mol. The van der Waals surface area contributed by atoms with Gasteiger partial charge in [0.25, 0.3) is 5.91 Å². The van der Waals surface area contributed by atoms with Crippen LogP contribution < -0.4 is 10.2 Å². The van der Waals surface area contributed by atoms with Crippen LogP contribution in [0.5, 0.6) is 5.75 Å². The quantitative estimate of drug-likeness (QED) is 0.684. The number of benzene rings is 1. The third kappa shape index (κ3) is 6.52. The molecule has 0 aliphatic carbocycles. The van der Waals surface area contributed by atoms with Gasteiger partial charge in [0, 0.05) is 45.0 Å². The molecule has 1 aromatic carbocycles. The molecule has 2 aromatic rings. The van der Waals surface area contributed by atoms with Crippen LogP contribution in [0.25, 0.3) is 0 Å². The number of β-amino-alcohol motifs (C(OH)–C–C–N with tert-alkyl or cyclic N) is 1. The summed E-state index contributed by atoms with van der Waals surface area (Å²) >= 11 is 11.4. The standard InChI is InChI=1S/C19H21Cl2FN4O3/c20-13-1-4-18(23-10-13)19(28)24-26-7-5-25(6-8-26)11-14(27)12-29-15-2-3-16(21)17(22)9-15/h1-4,9-10,14,27H,5-8,11-12H2,(H,24,28)/t14-/m1/s1. The van der Waals surface area contributed by atoms with Crippen molar-refractivity contribution in [2.45, 2.75) is 6.10 Å². The van der Waals surface area contributed by atoms with Crippen LogP contribution in [0, 0.1) is 5.82 Å². The van der Waals surface area contributed by atoms with E-state index in [1.54, 1.807) is 18.2 Å². The van der Waals surface area contributed by atoms with Crippen molar-refractivity contribution in [1.29, 1.82) is 0 Å². The average Bonchev–Trinajstić information content (AvgIpc) is 2.71. The molecule has 2 heterocycles. The minimum absolute atomic E-state index is 0.0229. The summed E-state index contributed by atoms with van der Waals surface area (Å²) in [5.41, 5.74) is 3.11. The number of nitrogens with zero attached hydrogens (tertiary/aromatic N) is 3. The van der Waals surface area contributed by atoms with E-state index in [2.05, 4.69) is 15.3 Å². The number of amides is 1. The number of carbonyl (C=O) groups excluding carboxylic acids is 1. The number of aliphatic hydroxyl groups is 1. The van der Waals surface area contributed by atoms with Crippen LogP contribution in [-0.4, -0.2) is 71.3 Å². The first kappa shape index (κ1) is 21.7. The Morgan fingerprint density at radius 2 is 2.00 bits per heavy atom. The molecule has 29 heavy (non-hydrogen) atoms.